The summed E-state index contributed by atoms with van der Waals surface area (Å²) in [5, 5.41) is 0. The topological polar surface area (TPSA) is 6.48 Å². The van der Waals surface area contributed by atoms with Gasteiger partial charge in [0.1, 0.15) is 0 Å². The Hall–Kier alpha value is -1.64. The predicted molar refractivity (Wildman–Crippen MR) is 95.1 cm³/mol. The van der Waals surface area contributed by atoms with Gasteiger partial charge in [-0.2, -0.15) is 0 Å². The Labute approximate surface area is 139 Å². The molecule has 5 rings (SSSR count). The van der Waals surface area contributed by atoms with Crippen molar-refractivity contribution in [2.24, 2.45) is 0 Å². The SMILES string of the molecule is c1ccc(CN2CC3CCCC2CN3Cc2ccccc2)cc1. The van der Waals surface area contributed by atoms with Crippen LogP contribution < -0.4 is 0 Å². The van der Waals surface area contributed by atoms with E-state index in [1.165, 1.54) is 43.5 Å². The Kier molecular flexibility index (Phi) is 4.45. The van der Waals surface area contributed by atoms with Gasteiger partial charge in [0.2, 0.25) is 0 Å². The van der Waals surface area contributed by atoms with Gasteiger partial charge < -0.3 is 0 Å². The summed E-state index contributed by atoms with van der Waals surface area (Å²) >= 11 is 0. The molecule has 23 heavy (non-hydrogen) atoms. The van der Waals surface area contributed by atoms with Gasteiger partial charge in [0.15, 0.2) is 0 Å². The summed E-state index contributed by atoms with van der Waals surface area (Å²) in [6, 6.07) is 23.4. The molecule has 0 aliphatic carbocycles. The third-order valence-electron chi connectivity index (χ3n) is 5.45. The fraction of sp³-hybridized carbons (Fsp3) is 0.429. The third-order valence-corrected chi connectivity index (χ3v) is 5.45. The largest absolute Gasteiger partial charge is 0.293 e. The van der Waals surface area contributed by atoms with Gasteiger partial charge in [0.05, 0.1) is 0 Å². The summed E-state index contributed by atoms with van der Waals surface area (Å²) in [6.45, 7) is 4.68. The summed E-state index contributed by atoms with van der Waals surface area (Å²) in [6.07, 6.45) is 4.09. The van der Waals surface area contributed by atoms with Gasteiger partial charge in [0.25, 0.3) is 0 Å². The standard InChI is InChI=1S/C21H26N2/c1-3-8-18(9-4-1)14-22-16-21-13-7-12-20(22)17-23(21)15-19-10-5-2-6-11-19/h1-6,8-11,20-21H,7,12-17H2. The second-order valence-electron chi connectivity index (χ2n) is 7.07. The third kappa shape index (κ3) is 3.49. The average molecular weight is 306 g/mol. The number of nitrogens with zero attached hydrogens (tertiary/aromatic N) is 2. The van der Waals surface area contributed by atoms with E-state index in [0.29, 0.717) is 0 Å². The van der Waals surface area contributed by atoms with Crippen molar-refractivity contribution < 1.29 is 0 Å². The van der Waals surface area contributed by atoms with E-state index in [0.717, 1.165) is 25.2 Å². The molecule has 3 saturated heterocycles. The number of fused-ring (bicyclic) bond motifs is 4. The van der Waals surface area contributed by atoms with Crippen LogP contribution in [-0.2, 0) is 13.1 Å². The first-order valence-electron chi connectivity index (χ1n) is 8.94. The van der Waals surface area contributed by atoms with Crippen LogP contribution >= 0.6 is 0 Å². The second kappa shape index (κ2) is 6.86. The summed E-state index contributed by atoms with van der Waals surface area (Å²) < 4.78 is 0. The van der Waals surface area contributed by atoms with E-state index in [1.54, 1.807) is 0 Å². The molecule has 0 amide bonds. The minimum atomic E-state index is 0.720. The molecule has 2 aromatic carbocycles. The maximum absolute atomic E-state index is 2.73. The number of hydrogen-bond acceptors (Lipinski definition) is 2. The molecule has 0 aromatic heterocycles. The fourth-order valence-corrected chi connectivity index (χ4v) is 4.23. The van der Waals surface area contributed by atoms with E-state index < -0.39 is 0 Å². The van der Waals surface area contributed by atoms with Gasteiger partial charge in [-0.05, 0) is 24.0 Å². The van der Waals surface area contributed by atoms with Crippen LogP contribution in [0, 0.1) is 0 Å². The molecular formula is C21H26N2. The molecule has 120 valence electrons. The molecule has 3 fully saturated rings. The molecule has 2 nitrogen and oxygen atoms in total. The van der Waals surface area contributed by atoms with E-state index in [2.05, 4.69) is 70.5 Å². The zero-order valence-electron chi connectivity index (χ0n) is 13.8. The van der Waals surface area contributed by atoms with Gasteiger partial charge in [0, 0.05) is 38.3 Å². The molecule has 0 saturated carbocycles. The molecule has 0 N–H and O–H groups in total. The monoisotopic (exact) mass is 306 g/mol. The summed E-state index contributed by atoms with van der Waals surface area (Å²) in [5.74, 6) is 0. The molecule has 3 heterocycles. The lowest BCUT2D eigenvalue weighted by Gasteiger charge is -2.44. The van der Waals surface area contributed by atoms with Crippen LogP contribution in [0.25, 0.3) is 0 Å². The summed E-state index contributed by atoms with van der Waals surface area (Å²) in [5.41, 5.74) is 2.91. The number of benzene rings is 2. The maximum atomic E-state index is 2.73. The van der Waals surface area contributed by atoms with Crippen molar-refractivity contribution in [2.75, 3.05) is 13.1 Å². The van der Waals surface area contributed by atoms with Crippen molar-refractivity contribution in [3.63, 3.8) is 0 Å². The molecular weight excluding hydrogens is 280 g/mol. The van der Waals surface area contributed by atoms with Crippen molar-refractivity contribution in [2.45, 2.75) is 44.4 Å². The zero-order valence-corrected chi connectivity index (χ0v) is 13.8. The quantitative estimate of drug-likeness (QED) is 0.844. The van der Waals surface area contributed by atoms with Gasteiger partial charge in [-0.3, -0.25) is 9.80 Å². The van der Waals surface area contributed by atoms with Gasteiger partial charge in [-0.1, -0.05) is 67.1 Å². The van der Waals surface area contributed by atoms with Crippen molar-refractivity contribution in [3.8, 4) is 0 Å². The number of piperazine rings is 1. The van der Waals surface area contributed by atoms with Gasteiger partial charge >= 0.3 is 0 Å². The predicted octanol–water partition coefficient (Wildman–Crippen LogP) is 3.93. The lowest BCUT2D eigenvalue weighted by atomic mass is 10.1. The highest BCUT2D eigenvalue weighted by molar-refractivity contribution is 5.16. The van der Waals surface area contributed by atoms with Crippen LogP contribution in [0.1, 0.15) is 30.4 Å². The first-order chi connectivity index (χ1) is 11.4. The minimum Gasteiger partial charge on any atom is -0.293 e. The minimum absolute atomic E-state index is 0.720. The van der Waals surface area contributed by atoms with Gasteiger partial charge in [-0.25, -0.2) is 0 Å². The smallest absolute Gasteiger partial charge is 0.0237 e. The van der Waals surface area contributed by atoms with Crippen LogP contribution in [0.5, 0.6) is 0 Å². The zero-order chi connectivity index (χ0) is 15.5. The van der Waals surface area contributed by atoms with Crippen molar-refractivity contribution >= 4 is 0 Å². The first kappa shape index (κ1) is 14.9. The Morgan fingerprint density at radius 3 is 1.52 bits per heavy atom. The first-order valence-corrected chi connectivity index (χ1v) is 8.94. The molecule has 2 bridgehead atoms. The fourth-order valence-electron chi connectivity index (χ4n) is 4.23. The Bertz CT molecular complexity index is 555. The molecule has 2 atom stereocenters. The van der Waals surface area contributed by atoms with Crippen LogP contribution in [0.3, 0.4) is 0 Å². The van der Waals surface area contributed by atoms with Crippen LogP contribution in [-0.4, -0.2) is 35.0 Å². The average Bonchev–Trinajstić information content (AvgIpc) is 2.90. The van der Waals surface area contributed by atoms with E-state index in [1.807, 2.05) is 0 Å². The number of hydrogen-bond donors (Lipinski definition) is 0. The molecule has 3 aliphatic rings. The van der Waals surface area contributed by atoms with Crippen LogP contribution in [0.4, 0.5) is 0 Å². The molecule has 0 spiro atoms. The highest BCUT2D eigenvalue weighted by atomic mass is 15.3. The molecule has 2 aromatic rings. The van der Waals surface area contributed by atoms with Crippen molar-refractivity contribution in [3.05, 3.63) is 71.8 Å². The van der Waals surface area contributed by atoms with E-state index in [4.69, 9.17) is 0 Å². The Balaban J connectivity index is 1.45. The van der Waals surface area contributed by atoms with Crippen molar-refractivity contribution in [1.82, 2.24) is 9.80 Å². The van der Waals surface area contributed by atoms with Crippen LogP contribution in [0.2, 0.25) is 0 Å². The van der Waals surface area contributed by atoms with E-state index >= 15 is 0 Å². The number of rotatable bonds is 4. The lowest BCUT2D eigenvalue weighted by molar-refractivity contribution is 0.0328. The summed E-state index contributed by atoms with van der Waals surface area (Å²) in [4.78, 5) is 5.46. The van der Waals surface area contributed by atoms with Gasteiger partial charge in [-0.15, -0.1) is 0 Å². The molecule has 3 aliphatic heterocycles. The molecule has 2 unspecified atom stereocenters. The second-order valence-corrected chi connectivity index (χ2v) is 7.07. The van der Waals surface area contributed by atoms with E-state index in [-0.39, 0.29) is 0 Å². The van der Waals surface area contributed by atoms with Crippen molar-refractivity contribution in [1.29, 1.82) is 0 Å². The highest BCUT2D eigenvalue weighted by Gasteiger charge is 2.36. The normalized spacial score (nSPS) is 25.4. The molecule has 0 radical (unpaired) electrons. The van der Waals surface area contributed by atoms with Crippen LogP contribution in [0.15, 0.2) is 60.7 Å². The lowest BCUT2D eigenvalue weighted by Crippen LogP contribution is -2.55. The summed E-state index contributed by atoms with van der Waals surface area (Å²) in [7, 11) is 0. The highest BCUT2D eigenvalue weighted by Crippen LogP contribution is 2.29. The Morgan fingerprint density at radius 1 is 0.652 bits per heavy atom. The molecule has 2 heteroatoms. The maximum Gasteiger partial charge on any atom is 0.0237 e. The van der Waals surface area contributed by atoms with E-state index in [9.17, 15) is 0 Å². The Morgan fingerprint density at radius 2 is 1.09 bits per heavy atom.